The van der Waals surface area contributed by atoms with Gasteiger partial charge in [0.15, 0.2) is 5.82 Å². The van der Waals surface area contributed by atoms with Crippen LogP contribution in [0.15, 0.2) is 41.3 Å². The lowest BCUT2D eigenvalue weighted by Crippen LogP contribution is -2.16. The van der Waals surface area contributed by atoms with E-state index >= 15 is 0 Å². The van der Waals surface area contributed by atoms with E-state index in [0.29, 0.717) is 18.8 Å². The van der Waals surface area contributed by atoms with E-state index in [0.717, 1.165) is 5.56 Å². The first-order valence-corrected chi connectivity index (χ1v) is 10.6. The molecule has 0 aliphatic carbocycles. The highest BCUT2D eigenvalue weighted by atomic mass is 32.2. The molecular weight excluding hydrogens is 366 g/mol. The number of hydrogen-bond acceptors (Lipinski definition) is 7. The Morgan fingerprint density at radius 2 is 1.56 bits per heavy atom. The van der Waals surface area contributed by atoms with Gasteiger partial charge in [0.05, 0.1) is 10.6 Å². The zero-order valence-corrected chi connectivity index (χ0v) is 15.1. The maximum Gasteiger partial charge on any atom is 0.238 e. The van der Waals surface area contributed by atoms with Crippen molar-refractivity contribution in [2.24, 2.45) is 5.14 Å². The average Bonchev–Trinajstić information content (AvgIpc) is 2.56. The number of rotatable bonds is 8. The number of anilines is 2. The molecule has 11 heteroatoms. The van der Waals surface area contributed by atoms with Crippen molar-refractivity contribution in [3.63, 3.8) is 0 Å². The molecule has 0 amide bonds. The van der Waals surface area contributed by atoms with Gasteiger partial charge in [0, 0.05) is 6.54 Å². The van der Waals surface area contributed by atoms with Crippen molar-refractivity contribution in [3.05, 3.63) is 42.0 Å². The summed E-state index contributed by atoms with van der Waals surface area (Å²) in [4.78, 5) is 0.0696. The molecule has 0 aliphatic heterocycles. The number of nitrogens with two attached hydrogens (primary N) is 1. The molecule has 0 atom stereocenters. The SMILES string of the molecule is CCS(=O)(=O)Nc1ccc(NCCc2ccc(S(N)(=O)=O)cc2)nn1. The second-order valence-electron chi connectivity index (χ2n) is 5.18. The van der Waals surface area contributed by atoms with Gasteiger partial charge in [0.25, 0.3) is 0 Å². The highest BCUT2D eigenvalue weighted by molar-refractivity contribution is 7.92. The number of hydrogen-bond donors (Lipinski definition) is 3. The van der Waals surface area contributed by atoms with E-state index in [-0.39, 0.29) is 16.5 Å². The Morgan fingerprint density at radius 3 is 2.08 bits per heavy atom. The second kappa shape index (κ2) is 7.76. The Bertz CT molecular complexity index is 911. The molecular formula is C14H19N5O4S2. The van der Waals surface area contributed by atoms with Crippen molar-refractivity contribution in [1.82, 2.24) is 10.2 Å². The fraction of sp³-hybridized carbons (Fsp3) is 0.286. The largest absolute Gasteiger partial charge is 0.368 e. The van der Waals surface area contributed by atoms with Gasteiger partial charge in [-0.25, -0.2) is 22.0 Å². The summed E-state index contributed by atoms with van der Waals surface area (Å²) in [5.74, 6) is 0.616. The first-order valence-electron chi connectivity index (χ1n) is 7.39. The minimum Gasteiger partial charge on any atom is -0.368 e. The molecule has 0 aliphatic rings. The summed E-state index contributed by atoms with van der Waals surface area (Å²) in [5.41, 5.74) is 0.931. The van der Waals surface area contributed by atoms with Crippen LogP contribution in [0.4, 0.5) is 11.6 Å². The van der Waals surface area contributed by atoms with Crippen LogP contribution in [0.5, 0.6) is 0 Å². The van der Waals surface area contributed by atoms with Crippen LogP contribution in [0.2, 0.25) is 0 Å². The van der Waals surface area contributed by atoms with Gasteiger partial charge in [0.1, 0.15) is 5.82 Å². The van der Waals surface area contributed by atoms with Gasteiger partial charge < -0.3 is 5.32 Å². The predicted molar refractivity (Wildman–Crippen MR) is 95.1 cm³/mol. The Hall–Kier alpha value is -2.24. The monoisotopic (exact) mass is 385 g/mol. The smallest absolute Gasteiger partial charge is 0.238 e. The van der Waals surface area contributed by atoms with E-state index in [1.54, 1.807) is 18.2 Å². The molecule has 0 radical (unpaired) electrons. The molecule has 0 saturated carbocycles. The quantitative estimate of drug-likeness (QED) is 0.601. The molecule has 2 rings (SSSR count). The summed E-state index contributed by atoms with van der Waals surface area (Å²) >= 11 is 0. The van der Waals surface area contributed by atoms with Crippen LogP contribution in [0.3, 0.4) is 0 Å². The number of aromatic nitrogens is 2. The third kappa shape index (κ3) is 5.96. The third-order valence-electron chi connectivity index (χ3n) is 3.28. The summed E-state index contributed by atoms with van der Waals surface area (Å²) in [5, 5.41) is 15.8. The highest BCUT2D eigenvalue weighted by Crippen LogP contribution is 2.11. The van der Waals surface area contributed by atoms with E-state index in [1.807, 2.05) is 0 Å². The number of nitrogens with one attached hydrogen (secondary N) is 2. The Labute approximate surface area is 146 Å². The van der Waals surface area contributed by atoms with Crippen molar-refractivity contribution >= 4 is 31.7 Å². The summed E-state index contributed by atoms with van der Waals surface area (Å²) in [6.07, 6.45) is 0.636. The summed E-state index contributed by atoms with van der Waals surface area (Å²) in [6, 6.07) is 9.43. The number of sulfonamides is 2. The normalized spacial score (nSPS) is 11.9. The van der Waals surface area contributed by atoms with Crippen LogP contribution in [-0.2, 0) is 26.5 Å². The van der Waals surface area contributed by atoms with Crippen LogP contribution in [0.25, 0.3) is 0 Å². The van der Waals surface area contributed by atoms with Crippen molar-refractivity contribution in [2.75, 3.05) is 22.3 Å². The molecule has 136 valence electrons. The third-order valence-corrected chi connectivity index (χ3v) is 5.49. The molecule has 0 spiro atoms. The minimum absolute atomic E-state index is 0.0427. The number of benzene rings is 1. The lowest BCUT2D eigenvalue weighted by molar-refractivity contribution is 0.597. The van der Waals surface area contributed by atoms with Crippen molar-refractivity contribution < 1.29 is 16.8 Å². The maximum absolute atomic E-state index is 11.4. The predicted octanol–water partition coefficient (Wildman–Crippen LogP) is 0.540. The zero-order valence-electron chi connectivity index (χ0n) is 13.5. The van der Waals surface area contributed by atoms with Crippen LogP contribution in [0, 0.1) is 0 Å². The Morgan fingerprint density at radius 1 is 0.960 bits per heavy atom. The first kappa shape index (κ1) is 19.1. The van der Waals surface area contributed by atoms with E-state index < -0.39 is 20.0 Å². The molecule has 1 aromatic heterocycles. The molecule has 1 heterocycles. The van der Waals surface area contributed by atoms with Gasteiger partial charge in [-0.1, -0.05) is 12.1 Å². The standard InChI is InChI=1S/C14H19N5O4S2/c1-2-24(20,21)19-14-8-7-13(17-18-14)16-10-9-11-3-5-12(6-4-11)25(15,22)23/h3-8H,2,9-10H2,1H3,(H,16,17)(H,18,19)(H2,15,22,23). The average molecular weight is 385 g/mol. The Balaban J connectivity index is 1.87. The minimum atomic E-state index is -3.68. The number of nitrogens with zero attached hydrogens (tertiary/aromatic N) is 2. The molecule has 4 N–H and O–H groups in total. The van der Waals surface area contributed by atoms with E-state index in [9.17, 15) is 16.8 Å². The number of primary sulfonamides is 1. The maximum atomic E-state index is 11.4. The van der Waals surface area contributed by atoms with Crippen LogP contribution in [0.1, 0.15) is 12.5 Å². The lowest BCUT2D eigenvalue weighted by atomic mass is 10.1. The fourth-order valence-electron chi connectivity index (χ4n) is 1.89. The van der Waals surface area contributed by atoms with Gasteiger partial charge in [-0.15, -0.1) is 10.2 Å². The summed E-state index contributed by atoms with van der Waals surface area (Å²) < 4.78 is 47.5. The van der Waals surface area contributed by atoms with Crippen LogP contribution >= 0.6 is 0 Å². The lowest BCUT2D eigenvalue weighted by Gasteiger charge is -2.07. The topological polar surface area (TPSA) is 144 Å². The Kier molecular flexibility index (Phi) is 5.93. The first-order chi connectivity index (χ1) is 11.7. The van der Waals surface area contributed by atoms with Crippen LogP contribution in [-0.4, -0.2) is 39.3 Å². The molecule has 0 saturated heterocycles. The van der Waals surface area contributed by atoms with E-state index in [4.69, 9.17) is 5.14 Å². The van der Waals surface area contributed by atoms with Crippen molar-refractivity contribution in [2.45, 2.75) is 18.2 Å². The molecule has 1 aromatic carbocycles. The molecule has 9 nitrogen and oxygen atoms in total. The van der Waals surface area contributed by atoms with Crippen LogP contribution < -0.4 is 15.2 Å². The van der Waals surface area contributed by atoms with Crippen molar-refractivity contribution in [3.8, 4) is 0 Å². The summed E-state index contributed by atoms with van der Waals surface area (Å²) in [6.45, 7) is 2.07. The molecule has 25 heavy (non-hydrogen) atoms. The fourth-order valence-corrected chi connectivity index (χ4v) is 2.98. The van der Waals surface area contributed by atoms with Gasteiger partial charge in [0.2, 0.25) is 20.0 Å². The van der Waals surface area contributed by atoms with Crippen molar-refractivity contribution in [1.29, 1.82) is 0 Å². The second-order valence-corrected chi connectivity index (χ2v) is 8.75. The summed E-state index contributed by atoms with van der Waals surface area (Å²) in [7, 11) is -7.06. The van der Waals surface area contributed by atoms with E-state index in [1.165, 1.54) is 25.1 Å². The molecule has 0 fully saturated rings. The molecule has 0 unspecified atom stereocenters. The molecule has 0 bridgehead atoms. The van der Waals surface area contributed by atoms with Gasteiger partial charge >= 0.3 is 0 Å². The highest BCUT2D eigenvalue weighted by Gasteiger charge is 2.08. The van der Waals surface area contributed by atoms with Gasteiger partial charge in [-0.05, 0) is 43.2 Å². The zero-order chi connectivity index (χ0) is 18.5. The van der Waals surface area contributed by atoms with Gasteiger partial charge in [-0.2, -0.15) is 0 Å². The van der Waals surface area contributed by atoms with Gasteiger partial charge in [-0.3, -0.25) is 4.72 Å². The molecule has 2 aromatic rings. The van der Waals surface area contributed by atoms with E-state index in [2.05, 4.69) is 20.2 Å².